The predicted molar refractivity (Wildman–Crippen MR) is 68.0 cm³/mol. The summed E-state index contributed by atoms with van der Waals surface area (Å²) in [6, 6.07) is 13.3. The normalized spacial score (nSPS) is 14.2. The van der Waals surface area contributed by atoms with Crippen LogP contribution in [0.5, 0.6) is 0 Å². The first-order valence-corrected chi connectivity index (χ1v) is 6.13. The Morgan fingerprint density at radius 2 is 1.50 bits per heavy atom. The number of aryl methyl sites for hydroxylation is 1. The van der Waals surface area contributed by atoms with Gasteiger partial charge in [-0.1, -0.05) is 57.5 Å². The summed E-state index contributed by atoms with van der Waals surface area (Å²) in [6.45, 7) is 0. The van der Waals surface area contributed by atoms with Crippen molar-refractivity contribution in [2.75, 3.05) is 0 Å². The molecule has 0 fully saturated rings. The molecule has 2 aromatic rings. The van der Waals surface area contributed by atoms with E-state index in [1.54, 1.807) is 30.3 Å². The van der Waals surface area contributed by atoms with Gasteiger partial charge in [-0.05, 0) is 18.1 Å². The van der Waals surface area contributed by atoms with Gasteiger partial charge in [0, 0.05) is 12.0 Å². The van der Waals surface area contributed by atoms with Crippen LogP contribution in [0.4, 0.5) is 17.7 Å². The van der Waals surface area contributed by atoms with E-state index in [1.807, 2.05) is 0 Å². The molecule has 0 saturated heterocycles. The van der Waals surface area contributed by atoms with Gasteiger partial charge < -0.3 is 0 Å². The highest BCUT2D eigenvalue weighted by molar-refractivity contribution is 5.24. The maximum Gasteiger partial charge on any atom is 0.250 e. The smallest absolute Gasteiger partial charge is 0.215 e. The van der Waals surface area contributed by atoms with Gasteiger partial charge in [0.25, 0.3) is 0 Å². The van der Waals surface area contributed by atoms with Crippen molar-refractivity contribution in [2.24, 2.45) is 0 Å². The highest BCUT2D eigenvalue weighted by atomic mass is 19.4. The summed E-state index contributed by atoms with van der Waals surface area (Å²) in [4.78, 5) is 0. The molecule has 106 valence electrons. The number of hydrogen-bond acceptors (Lipinski definition) is 1. The Morgan fingerprint density at radius 3 is 2.10 bits per heavy atom. The second kappa shape index (κ2) is 6.05. The van der Waals surface area contributed by atoms with Gasteiger partial charge in [0.1, 0.15) is 5.82 Å². The molecule has 0 heterocycles. The molecule has 2 aromatic carbocycles. The standard InChI is InChI=1S/C15H13F4N/c16-14-9-5-4-8-13(14)15(17,20(18)19)11-10-12-6-2-1-3-7-12/h1-9H,10-11H2. The molecular weight excluding hydrogens is 270 g/mol. The van der Waals surface area contributed by atoms with Gasteiger partial charge in [-0.15, -0.1) is 0 Å². The molecule has 0 spiro atoms. The molecule has 0 saturated carbocycles. The van der Waals surface area contributed by atoms with Gasteiger partial charge in [-0.3, -0.25) is 0 Å². The van der Waals surface area contributed by atoms with Gasteiger partial charge in [-0.25, -0.2) is 8.78 Å². The fourth-order valence-corrected chi connectivity index (χ4v) is 2.04. The van der Waals surface area contributed by atoms with Crippen molar-refractivity contribution in [3.05, 3.63) is 71.5 Å². The van der Waals surface area contributed by atoms with E-state index in [0.717, 1.165) is 12.1 Å². The molecule has 1 unspecified atom stereocenters. The fourth-order valence-electron chi connectivity index (χ4n) is 2.04. The van der Waals surface area contributed by atoms with Crippen LogP contribution in [0.1, 0.15) is 17.5 Å². The van der Waals surface area contributed by atoms with E-state index in [9.17, 15) is 17.7 Å². The van der Waals surface area contributed by atoms with E-state index in [1.165, 1.54) is 12.1 Å². The molecule has 1 nitrogen and oxygen atoms in total. The average molecular weight is 283 g/mol. The first-order chi connectivity index (χ1) is 9.54. The second-order valence-corrected chi connectivity index (χ2v) is 4.46. The van der Waals surface area contributed by atoms with E-state index in [2.05, 4.69) is 0 Å². The molecule has 2 rings (SSSR count). The number of rotatable bonds is 5. The number of hydrogen-bond donors (Lipinski definition) is 0. The largest absolute Gasteiger partial charge is 0.250 e. The quantitative estimate of drug-likeness (QED) is 0.438. The molecule has 0 bridgehead atoms. The van der Waals surface area contributed by atoms with Crippen LogP contribution in [0, 0.1) is 5.82 Å². The summed E-state index contributed by atoms with van der Waals surface area (Å²) in [5.41, 5.74) is 0.0636. The SMILES string of the molecule is Fc1ccccc1C(F)(CCc1ccccc1)N(F)F. The summed E-state index contributed by atoms with van der Waals surface area (Å²) in [5.74, 6) is -4.12. The summed E-state index contributed by atoms with van der Waals surface area (Å²) in [6.07, 6.45) is -0.457. The summed E-state index contributed by atoms with van der Waals surface area (Å²) in [7, 11) is 0. The van der Waals surface area contributed by atoms with Crippen molar-refractivity contribution in [3.8, 4) is 0 Å². The van der Waals surface area contributed by atoms with Crippen LogP contribution >= 0.6 is 0 Å². The van der Waals surface area contributed by atoms with E-state index in [0.29, 0.717) is 5.56 Å². The Balaban J connectivity index is 2.24. The van der Waals surface area contributed by atoms with Crippen LogP contribution in [0.25, 0.3) is 0 Å². The number of nitrogens with zero attached hydrogens (tertiary/aromatic N) is 1. The predicted octanol–water partition coefficient (Wildman–Crippen LogP) is 4.65. The van der Waals surface area contributed by atoms with E-state index < -0.39 is 28.9 Å². The van der Waals surface area contributed by atoms with Crippen LogP contribution in [0.2, 0.25) is 0 Å². The van der Waals surface area contributed by atoms with E-state index in [4.69, 9.17) is 0 Å². The molecule has 0 amide bonds. The lowest BCUT2D eigenvalue weighted by Gasteiger charge is -2.25. The molecule has 0 N–H and O–H groups in total. The third-order valence-electron chi connectivity index (χ3n) is 3.14. The van der Waals surface area contributed by atoms with E-state index in [-0.39, 0.29) is 6.42 Å². The maximum atomic E-state index is 14.5. The summed E-state index contributed by atoms with van der Waals surface area (Å²) in [5, 5.41) is -1.56. The van der Waals surface area contributed by atoms with Crippen LogP contribution in [-0.4, -0.2) is 5.34 Å². The molecule has 5 heteroatoms. The van der Waals surface area contributed by atoms with Crippen molar-refractivity contribution in [1.29, 1.82) is 0 Å². The van der Waals surface area contributed by atoms with Gasteiger partial charge in [0.05, 0.1) is 5.34 Å². The van der Waals surface area contributed by atoms with E-state index >= 15 is 0 Å². The van der Waals surface area contributed by atoms with Gasteiger partial charge in [0.15, 0.2) is 0 Å². The zero-order chi connectivity index (χ0) is 14.6. The Morgan fingerprint density at radius 1 is 0.900 bits per heavy atom. The third-order valence-corrected chi connectivity index (χ3v) is 3.14. The number of halogens is 4. The zero-order valence-corrected chi connectivity index (χ0v) is 10.6. The van der Waals surface area contributed by atoms with Crippen LogP contribution in [0.3, 0.4) is 0 Å². The molecule has 0 aliphatic carbocycles. The molecule has 1 atom stereocenters. The second-order valence-electron chi connectivity index (χ2n) is 4.46. The Labute approximate surface area is 114 Å². The lowest BCUT2D eigenvalue weighted by Crippen LogP contribution is -2.33. The van der Waals surface area contributed by atoms with Gasteiger partial charge in [-0.2, -0.15) is 0 Å². The highest BCUT2D eigenvalue weighted by Gasteiger charge is 2.42. The minimum absolute atomic E-state index is 0.0794. The Bertz CT molecular complexity index is 559. The van der Waals surface area contributed by atoms with Crippen LogP contribution in [0.15, 0.2) is 54.6 Å². The van der Waals surface area contributed by atoms with Crippen LogP contribution in [-0.2, 0) is 12.2 Å². The monoisotopic (exact) mass is 283 g/mol. The number of alkyl halides is 1. The molecule has 0 radical (unpaired) electrons. The molecule has 20 heavy (non-hydrogen) atoms. The lowest BCUT2D eigenvalue weighted by atomic mass is 9.96. The van der Waals surface area contributed by atoms with Crippen LogP contribution < -0.4 is 0 Å². The molecule has 0 aromatic heterocycles. The minimum atomic E-state index is -3.14. The third kappa shape index (κ3) is 2.99. The topological polar surface area (TPSA) is 3.24 Å². The minimum Gasteiger partial charge on any atom is -0.215 e. The zero-order valence-electron chi connectivity index (χ0n) is 10.6. The fraction of sp³-hybridized carbons (Fsp3) is 0.200. The molecule has 0 aliphatic heterocycles. The highest BCUT2D eigenvalue weighted by Crippen LogP contribution is 2.37. The molecular formula is C15H13F4N. The first-order valence-electron chi connectivity index (χ1n) is 6.13. The van der Waals surface area contributed by atoms with Gasteiger partial charge >= 0.3 is 0 Å². The molecule has 0 aliphatic rings. The number of benzene rings is 2. The van der Waals surface area contributed by atoms with Crippen molar-refractivity contribution in [2.45, 2.75) is 18.6 Å². The van der Waals surface area contributed by atoms with Crippen molar-refractivity contribution >= 4 is 0 Å². The van der Waals surface area contributed by atoms with Crippen molar-refractivity contribution in [3.63, 3.8) is 0 Å². The first kappa shape index (κ1) is 14.5. The lowest BCUT2D eigenvalue weighted by molar-refractivity contribution is -0.289. The summed E-state index contributed by atoms with van der Waals surface area (Å²) < 4.78 is 54.0. The van der Waals surface area contributed by atoms with Gasteiger partial charge in [0.2, 0.25) is 5.79 Å². The Hall–Kier alpha value is -1.88. The summed E-state index contributed by atoms with van der Waals surface area (Å²) >= 11 is 0. The maximum absolute atomic E-state index is 14.5. The van der Waals surface area contributed by atoms with Crippen molar-refractivity contribution in [1.82, 2.24) is 5.34 Å². The average Bonchev–Trinajstić information content (AvgIpc) is 2.46. The van der Waals surface area contributed by atoms with Crippen molar-refractivity contribution < 1.29 is 17.7 Å². The Kier molecular flexibility index (Phi) is 4.39.